The van der Waals surface area contributed by atoms with Crippen molar-refractivity contribution in [2.75, 3.05) is 0 Å². The predicted octanol–water partition coefficient (Wildman–Crippen LogP) is 6.24. The van der Waals surface area contributed by atoms with Gasteiger partial charge >= 0.3 is 0 Å². The average Bonchev–Trinajstić information content (AvgIpc) is 3.21. The lowest BCUT2D eigenvalue weighted by molar-refractivity contribution is 0.128. The van der Waals surface area contributed by atoms with Crippen molar-refractivity contribution in [1.29, 1.82) is 0 Å². The summed E-state index contributed by atoms with van der Waals surface area (Å²) in [4.78, 5) is 0. The number of hydrogen-bond acceptors (Lipinski definition) is 3. The fraction of sp³-hybridized carbons (Fsp3) is 0.833. The SMILES string of the molecule is CCCCC1CCCCC1CCCCCCC(N)C(O)CCc1ccco1. The van der Waals surface area contributed by atoms with E-state index in [1.807, 2.05) is 12.1 Å². The first-order chi connectivity index (χ1) is 13.2. The van der Waals surface area contributed by atoms with Gasteiger partial charge in [0.2, 0.25) is 0 Å². The minimum absolute atomic E-state index is 0.100. The molecular formula is C24H43NO2. The van der Waals surface area contributed by atoms with Crippen molar-refractivity contribution >= 4 is 0 Å². The Hall–Kier alpha value is -0.800. The summed E-state index contributed by atoms with van der Waals surface area (Å²) in [6.07, 6.45) is 20.3. The lowest BCUT2D eigenvalue weighted by Gasteiger charge is -2.31. The predicted molar refractivity (Wildman–Crippen MR) is 114 cm³/mol. The van der Waals surface area contributed by atoms with E-state index in [0.717, 1.165) is 36.9 Å². The first-order valence-electron chi connectivity index (χ1n) is 11.7. The van der Waals surface area contributed by atoms with Crippen LogP contribution in [0.3, 0.4) is 0 Å². The average molecular weight is 378 g/mol. The van der Waals surface area contributed by atoms with Crippen molar-refractivity contribution in [2.45, 2.75) is 115 Å². The summed E-state index contributed by atoms with van der Waals surface area (Å²) < 4.78 is 5.32. The summed E-state index contributed by atoms with van der Waals surface area (Å²) in [5, 5.41) is 10.2. The van der Waals surface area contributed by atoms with Crippen LogP contribution in [-0.2, 0) is 6.42 Å². The van der Waals surface area contributed by atoms with Crippen LogP contribution in [0.2, 0.25) is 0 Å². The standard InChI is InChI=1S/C24H43NO2/c1-2-3-11-20-13-8-9-14-21(20)12-6-4-5-7-16-23(25)24(26)18-17-22-15-10-19-27-22/h10,15,19-21,23-24,26H,2-9,11-14,16-18,25H2,1H3. The second kappa shape index (κ2) is 13.4. The van der Waals surface area contributed by atoms with Gasteiger partial charge in [-0.1, -0.05) is 84.0 Å². The van der Waals surface area contributed by atoms with Gasteiger partial charge in [0, 0.05) is 12.5 Å². The summed E-state index contributed by atoms with van der Waals surface area (Å²) >= 11 is 0. The van der Waals surface area contributed by atoms with Crippen LogP contribution in [0, 0.1) is 11.8 Å². The molecule has 2 rings (SSSR count). The molecule has 1 aromatic rings. The topological polar surface area (TPSA) is 59.4 Å². The molecule has 27 heavy (non-hydrogen) atoms. The molecule has 0 radical (unpaired) electrons. The lowest BCUT2D eigenvalue weighted by Crippen LogP contribution is -2.34. The monoisotopic (exact) mass is 377 g/mol. The van der Waals surface area contributed by atoms with E-state index in [1.54, 1.807) is 6.26 Å². The normalized spacial score (nSPS) is 22.6. The van der Waals surface area contributed by atoms with Crippen LogP contribution in [0.4, 0.5) is 0 Å². The van der Waals surface area contributed by atoms with E-state index in [-0.39, 0.29) is 6.04 Å². The van der Waals surface area contributed by atoms with Crippen LogP contribution >= 0.6 is 0 Å². The van der Waals surface area contributed by atoms with Crippen molar-refractivity contribution in [3.63, 3.8) is 0 Å². The van der Waals surface area contributed by atoms with Gasteiger partial charge in [-0.25, -0.2) is 0 Å². The van der Waals surface area contributed by atoms with Gasteiger partial charge in [-0.05, 0) is 36.8 Å². The van der Waals surface area contributed by atoms with E-state index >= 15 is 0 Å². The Kier molecular flexibility index (Phi) is 11.2. The molecule has 3 N–H and O–H groups in total. The second-order valence-electron chi connectivity index (χ2n) is 8.79. The van der Waals surface area contributed by atoms with E-state index in [4.69, 9.17) is 10.2 Å². The van der Waals surface area contributed by atoms with Gasteiger partial charge in [0.15, 0.2) is 0 Å². The summed E-state index contributed by atoms with van der Waals surface area (Å²) in [5.74, 6) is 2.94. The Labute approximate surface area is 167 Å². The summed E-state index contributed by atoms with van der Waals surface area (Å²) in [7, 11) is 0. The minimum Gasteiger partial charge on any atom is -0.469 e. The maximum Gasteiger partial charge on any atom is 0.103 e. The van der Waals surface area contributed by atoms with Crippen molar-refractivity contribution in [1.82, 2.24) is 0 Å². The molecular weight excluding hydrogens is 334 g/mol. The molecule has 1 fully saturated rings. The zero-order valence-corrected chi connectivity index (χ0v) is 17.6. The number of unbranched alkanes of at least 4 members (excludes halogenated alkanes) is 4. The number of rotatable bonds is 14. The van der Waals surface area contributed by atoms with Gasteiger partial charge in [-0.3, -0.25) is 0 Å². The number of aryl methyl sites for hydroxylation is 1. The fourth-order valence-corrected chi connectivity index (χ4v) is 4.80. The highest BCUT2D eigenvalue weighted by Crippen LogP contribution is 2.36. The number of aliphatic hydroxyl groups excluding tert-OH is 1. The molecule has 0 saturated heterocycles. The van der Waals surface area contributed by atoms with E-state index < -0.39 is 6.10 Å². The molecule has 3 heteroatoms. The maximum absolute atomic E-state index is 10.2. The van der Waals surface area contributed by atoms with Crippen LogP contribution < -0.4 is 5.73 Å². The first-order valence-corrected chi connectivity index (χ1v) is 11.7. The van der Waals surface area contributed by atoms with Gasteiger partial charge < -0.3 is 15.3 Å². The molecule has 156 valence electrons. The molecule has 0 spiro atoms. The molecule has 0 aliphatic heterocycles. The number of aliphatic hydroxyl groups is 1. The van der Waals surface area contributed by atoms with E-state index in [0.29, 0.717) is 6.42 Å². The molecule has 0 aromatic carbocycles. The molecule has 4 atom stereocenters. The van der Waals surface area contributed by atoms with E-state index in [2.05, 4.69) is 6.92 Å². The van der Waals surface area contributed by atoms with E-state index in [1.165, 1.54) is 70.6 Å². The zero-order valence-electron chi connectivity index (χ0n) is 17.6. The minimum atomic E-state index is -0.420. The van der Waals surface area contributed by atoms with Gasteiger partial charge in [-0.2, -0.15) is 0 Å². The van der Waals surface area contributed by atoms with E-state index in [9.17, 15) is 5.11 Å². The van der Waals surface area contributed by atoms with Gasteiger partial charge in [0.1, 0.15) is 5.76 Å². The van der Waals surface area contributed by atoms with Gasteiger partial charge in [0.25, 0.3) is 0 Å². The number of nitrogens with two attached hydrogens (primary N) is 1. The molecule has 1 heterocycles. The molecule has 3 nitrogen and oxygen atoms in total. The molecule has 1 aliphatic carbocycles. The molecule has 0 bridgehead atoms. The van der Waals surface area contributed by atoms with Crippen LogP contribution in [0.25, 0.3) is 0 Å². The Morgan fingerprint density at radius 3 is 2.41 bits per heavy atom. The third-order valence-corrected chi connectivity index (χ3v) is 6.62. The highest BCUT2D eigenvalue weighted by atomic mass is 16.3. The first kappa shape index (κ1) is 22.5. The summed E-state index contributed by atoms with van der Waals surface area (Å²) in [6, 6.07) is 3.75. The highest BCUT2D eigenvalue weighted by molar-refractivity contribution is 4.98. The van der Waals surface area contributed by atoms with Crippen LogP contribution in [-0.4, -0.2) is 17.3 Å². The van der Waals surface area contributed by atoms with Crippen LogP contribution in [0.1, 0.15) is 103 Å². The third kappa shape index (κ3) is 8.83. The van der Waals surface area contributed by atoms with Crippen molar-refractivity contribution in [3.8, 4) is 0 Å². The highest BCUT2D eigenvalue weighted by Gasteiger charge is 2.23. The quantitative estimate of drug-likeness (QED) is 0.377. The molecule has 1 aliphatic rings. The van der Waals surface area contributed by atoms with Gasteiger partial charge in [0.05, 0.1) is 12.4 Å². The van der Waals surface area contributed by atoms with Crippen molar-refractivity contribution in [2.24, 2.45) is 17.6 Å². The summed E-state index contributed by atoms with van der Waals surface area (Å²) in [5.41, 5.74) is 6.17. The maximum atomic E-state index is 10.2. The summed E-state index contributed by atoms with van der Waals surface area (Å²) in [6.45, 7) is 2.32. The molecule has 1 saturated carbocycles. The lowest BCUT2D eigenvalue weighted by atomic mass is 9.74. The third-order valence-electron chi connectivity index (χ3n) is 6.62. The van der Waals surface area contributed by atoms with Crippen LogP contribution in [0.15, 0.2) is 22.8 Å². The molecule has 1 aromatic heterocycles. The van der Waals surface area contributed by atoms with Gasteiger partial charge in [-0.15, -0.1) is 0 Å². The second-order valence-corrected chi connectivity index (χ2v) is 8.79. The Morgan fingerprint density at radius 1 is 1.04 bits per heavy atom. The van der Waals surface area contributed by atoms with Crippen molar-refractivity contribution < 1.29 is 9.52 Å². The van der Waals surface area contributed by atoms with Crippen molar-refractivity contribution in [3.05, 3.63) is 24.2 Å². The Morgan fingerprint density at radius 2 is 1.74 bits per heavy atom. The van der Waals surface area contributed by atoms with Crippen LogP contribution in [0.5, 0.6) is 0 Å². The molecule has 0 amide bonds. The Balaban J connectivity index is 1.50. The fourth-order valence-electron chi connectivity index (χ4n) is 4.80. The zero-order chi connectivity index (χ0) is 19.3. The molecule has 4 unspecified atom stereocenters. The number of hydrogen-bond donors (Lipinski definition) is 2. The Bertz CT molecular complexity index is 459. The smallest absolute Gasteiger partial charge is 0.103 e. The number of furan rings is 1. The largest absolute Gasteiger partial charge is 0.469 e.